The van der Waals surface area contributed by atoms with Crippen LogP contribution in [0.25, 0.3) is 0 Å². The predicted molar refractivity (Wildman–Crippen MR) is 73.2 cm³/mol. The molecule has 1 unspecified atom stereocenters. The van der Waals surface area contributed by atoms with Gasteiger partial charge in [-0.15, -0.1) is 11.8 Å². The van der Waals surface area contributed by atoms with Crippen molar-refractivity contribution in [2.24, 2.45) is 0 Å². The highest BCUT2D eigenvalue weighted by Gasteiger charge is 2.07. The third-order valence-corrected chi connectivity index (χ3v) is 3.43. The van der Waals surface area contributed by atoms with E-state index in [0.29, 0.717) is 11.4 Å². The maximum atomic E-state index is 11.6. The van der Waals surface area contributed by atoms with Gasteiger partial charge in [-0.05, 0) is 30.7 Å². The molecular formula is C12H18N2O2S. The second-order valence-electron chi connectivity index (χ2n) is 3.93. The number of nitrogens with two attached hydrogens (primary N) is 1. The largest absolute Gasteiger partial charge is 0.399 e. The molecule has 0 bridgehead atoms. The number of aliphatic hydroxyl groups is 1. The van der Waals surface area contributed by atoms with Crippen LogP contribution >= 0.6 is 11.8 Å². The second kappa shape index (κ2) is 6.51. The molecule has 4 nitrogen and oxygen atoms in total. The average molecular weight is 254 g/mol. The van der Waals surface area contributed by atoms with Crippen LogP contribution in [0.15, 0.2) is 18.2 Å². The Morgan fingerprint density at radius 2 is 2.29 bits per heavy atom. The molecule has 0 aromatic heterocycles. The minimum Gasteiger partial charge on any atom is -0.399 e. The number of carbonyl (C=O) groups is 1. The molecule has 0 spiro atoms. The van der Waals surface area contributed by atoms with Crippen LogP contribution in [-0.4, -0.2) is 28.6 Å². The molecule has 0 radical (unpaired) electrons. The lowest BCUT2D eigenvalue weighted by Gasteiger charge is -2.10. The quantitative estimate of drug-likeness (QED) is 0.698. The van der Waals surface area contributed by atoms with E-state index in [1.165, 1.54) is 11.8 Å². The Morgan fingerprint density at radius 1 is 1.59 bits per heavy atom. The van der Waals surface area contributed by atoms with Crippen LogP contribution in [0.5, 0.6) is 0 Å². The number of nitrogens with one attached hydrogen (secondary N) is 1. The Balaban J connectivity index is 2.50. The van der Waals surface area contributed by atoms with Gasteiger partial charge in [-0.2, -0.15) is 0 Å². The highest BCUT2D eigenvalue weighted by Crippen LogP contribution is 2.18. The lowest BCUT2D eigenvalue weighted by Crippen LogP contribution is -2.17. The maximum absolute atomic E-state index is 11.6. The summed E-state index contributed by atoms with van der Waals surface area (Å²) in [6, 6.07) is 5.37. The van der Waals surface area contributed by atoms with Crippen LogP contribution in [0.4, 0.5) is 11.4 Å². The van der Waals surface area contributed by atoms with Crippen molar-refractivity contribution in [3.8, 4) is 0 Å². The van der Waals surface area contributed by atoms with Gasteiger partial charge in [-0.3, -0.25) is 4.79 Å². The van der Waals surface area contributed by atoms with Crippen LogP contribution in [0, 0.1) is 6.92 Å². The zero-order valence-electron chi connectivity index (χ0n) is 10.1. The van der Waals surface area contributed by atoms with Crippen molar-refractivity contribution >= 4 is 29.0 Å². The van der Waals surface area contributed by atoms with Crippen molar-refractivity contribution in [3.05, 3.63) is 23.8 Å². The van der Waals surface area contributed by atoms with E-state index < -0.39 is 0 Å². The van der Waals surface area contributed by atoms with E-state index in [1.807, 2.05) is 19.9 Å². The molecule has 0 saturated heterocycles. The standard InChI is InChI=1S/C12H18N2O2S/c1-8-5-10(13)3-4-11(8)14-12(16)7-17-9(2)6-15/h3-5,9,15H,6-7,13H2,1-2H3,(H,14,16). The van der Waals surface area contributed by atoms with Crippen molar-refractivity contribution in [2.75, 3.05) is 23.4 Å². The van der Waals surface area contributed by atoms with Crippen molar-refractivity contribution in [2.45, 2.75) is 19.1 Å². The van der Waals surface area contributed by atoms with E-state index in [-0.39, 0.29) is 17.8 Å². The van der Waals surface area contributed by atoms with Crippen LogP contribution in [0.3, 0.4) is 0 Å². The predicted octanol–water partition coefficient (Wildman–Crippen LogP) is 1.63. The van der Waals surface area contributed by atoms with Gasteiger partial charge < -0.3 is 16.2 Å². The van der Waals surface area contributed by atoms with E-state index in [4.69, 9.17) is 10.8 Å². The van der Waals surface area contributed by atoms with E-state index >= 15 is 0 Å². The average Bonchev–Trinajstić information content (AvgIpc) is 2.29. The monoisotopic (exact) mass is 254 g/mol. The van der Waals surface area contributed by atoms with E-state index in [9.17, 15) is 4.79 Å². The third kappa shape index (κ3) is 4.66. The molecule has 17 heavy (non-hydrogen) atoms. The number of hydrogen-bond acceptors (Lipinski definition) is 4. The first-order valence-electron chi connectivity index (χ1n) is 5.41. The number of benzene rings is 1. The first kappa shape index (κ1) is 13.9. The first-order valence-corrected chi connectivity index (χ1v) is 6.46. The van der Waals surface area contributed by atoms with Gasteiger partial charge >= 0.3 is 0 Å². The van der Waals surface area contributed by atoms with Gasteiger partial charge in [-0.25, -0.2) is 0 Å². The number of rotatable bonds is 5. The number of nitrogen functional groups attached to an aromatic ring is 1. The number of amides is 1. The fourth-order valence-corrected chi connectivity index (χ4v) is 1.90. The molecule has 0 aliphatic carbocycles. The Hall–Kier alpha value is -1.20. The summed E-state index contributed by atoms with van der Waals surface area (Å²) in [4.78, 5) is 11.6. The van der Waals surface area contributed by atoms with Gasteiger partial charge in [0.1, 0.15) is 0 Å². The minimum atomic E-state index is -0.0665. The fourth-order valence-electron chi connectivity index (χ4n) is 1.28. The molecule has 0 aliphatic rings. The van der Waals surface area contributed by atoms with E-state index in [0.717, 1.165) is 11.3 Å². The summed E-state index contributed by atoms with van der Waals surface area (Å²) in [6.45, 7) is 3.86. The summed E-state index contributed by atoms with van der Waals surface area (Å²) >= 11 is 1.43. The molecule has 4 N–H and O–H groups in total. The number of aliphatic hydroxyl groups excluding tert-OH is 1. The molecule has 1 rings (SSSR count). The van der Waals surface area contributed by atoms with Gasteiger partial charge in [-0.1, -0.05) is 6.92 Å². The molecule has 0 heterocycles. The zero-order valence-corrected chi connectivity index (χ0v) is 10.9. The van der Waals surface area contributed by atoms with Gasteiger partial charge in [0.2, 0.25) is 5.91 Å². The first-order chi connectivity index (χ1) is 8.02. The molecule has 1 amide bonds. The van der Waals surface area contributed by atoms with Crippen molar-refractivity contribution in [3.63, 3.8) is 0 Å². The van der Waals surface area contributed by atoms with Crippen molar-refractivity contribution in [1.29, 1.82) is 0 Å². The lowest BCUT2D eigenvalue weighted by molar-refractivity contribution is -0.113. The van der Waals surface area contributed by atoms with Crippen LogP contribution < -0.4 is 11.1 Å². The maximum Gasteiger partial charge on any atom is 0.234 e. The highest BCUT2D eigenvalue weighted by atomic mass is 32.2. The molecule has 94 valence electrons. The molecule has 0 aliphatic heterocycles. The Morgan fingerprint density at radius 3 is 2.88 bits per heavy atom. The van der Waals surface area contributed by atoms with Crippen LogP contribution in [0.1, 0.15) is 12.5 Å². The summed E-state index contributed by atoms with van der Waals surface area (Å²) in [7, 11) is 0. The molecule has 0 saturated carbocycles. The summed E-state index contributed by atoms with van der Waals surface area (Å²) < 4.78 is 0. The molecular weight excluding hydrogens is 236 g/mol. The minimum absolute atomic E-state index is 0.0665. The van der Waals surface area contributed by atoms with E-state index in [1.54, 1.807) is 12.1 Å². The summed E-state index contributed by atoms with van der Waals surface area (Å²) in [5.74, 6) is 0.272. The number of anilines is 2. The number of hydrogen-bond donors (Lipinski definition) is 3. The smallest absolute Gasteiger partial charge is 0.234 e. The topological polar surface area (TPSA) is 75.3 Å². The molecule has 1 atom stereocenters. The Kier molecular flexibility index (Phi) is 5.31. The van der Waals surface area contributed by atoms with Crippen molar-refractivity contribution in [1.82, 2.24) is 0 Å². The summed E-state index contributed by atoms with van der Waals surface area (Å²) in [5, 5.41) is 11.7. The van der Waals surface area contributed by atoms with Gasteiger partial charge in [0.15, 0.2) is 0 Å². The third-order valence-electron chi connectivity index (χ3n) is 2.28. The van der Waals surface area contributed by atoms with Gasteiger partial charge in [0, 0.05) is 16.6 Å². The van der Waals surface area contributed by atoms with Gasteiger partial charge in [0.05, 0.1) is 12.4 Å². The highest BCUT2D eigenvalue weighted by molar-refractivity contribution is 8.00. The van der Waals surface area contributed by atoms with Crippen LogP contribution in [0.2, 0.25) is 0 Å². The summed E-state index contributed by atoms with van der Waals surface area (Å²) in [6.07, 6.45) is 0. The SMILES string of the molecule is Cc1cc(N)ccc1NC(=O)CSC(C)CO. The van der Waals surface area contributed by atoms with E-state index in [2.05, 4.69) is 5.32 Å². The number of aryl methyl sites for hydroxylation is 1. The molecule has 1 aromatic rings. The van der Waals surface area contributed by atoms with Crippen LogP contribution in [-0.2, 0) is 4.79 Å². The molecule has 0 fully saturated rings. The molecule has 1 aromatic carbocycles. The number of carbonyl (C=O) groups excluding carboxylic acids is 1. The zero-order chi connectivity index (χ0) is 12.8. The Labute approximate surface area is 106 Å². The summed E-state index contributed by atoms with van der Waals surface area (Å²) in [5.41, 5.74) is 8.04. The second-order valence-corrected chi connectivity index (χ2v) is 5.35. The van der Waals surface area contributed by atoms with Crippen molar-refractivity contribution < 1.29 is 9.90 Å². The lowest BCUT2D eigenvalue weighted by atomic mass is 10.2. The fraction of sp³-hybridized carbons (Fsp3) is 0.417. The normalized spacial score (nSPS) is 12.2. The van der Waals surface area contributed by atoms with Gasteiger partial charge in [0.25, 0.3) is 0 Å². The Bertz CT molecular complexity index is 396. The molecule has 5 heteroatoms. The number of thioether (sulfide) groups is 1.